The second-order valence-corrected chi connectivity index (χ2v) is 8.91. The molecule has 9 nitrogen and oxygen atoms in total. The number of benzene rings is 3. The number of hydrogen-bond donors (Lipinski definition) is 2. The molecular weight excluding hydrogens is 498 g/mol. The number of nitrogens with zero attached hydrogens (tertiary/aromatic N) is 2. The topological polar surface area (TPSA) is 126 Å². The van der Waals surface area contributed by atoms with Crippen molar-refractivity contribution in [1.29, 1.82) is 0 Å². The Morgan fingerprint density at radius 2 is 1.74 bits per heavy atom. The van der Waals surface area contributed by atoms with Gasteiger partial charge in [0.25, 0.3) is 5.56 Å². The van der Waals surface area contributed by atoms with Crippen LogP contribution in [0.25, 0.3) is 38.6 Å². The van der Waals surface area contributed by atoms with Crippen LogP contribution in [0.1, 0.15) is 24.3 Å². The number of esters is 1. The van der Waals surface area contributed by atoms with Gasteiger partial charge in [-0.25, -0.2) is 4.98 Å². The molecule has 39 heavy (non-hydrogen) atoms. The highest BCUT2D eigenvalue weighted by molar-refractivity contribution is 6.01. The summed E-state index contributed by atoms with van der Waals surface area (Å²) in [5.41, 5.74) is 9.00. The molecule has 0 saturated heterocycles. The summed E-state index contributed by atoms with van der Waals surface area (Å²) in [7, 11) is 3.08. The monoisotopic (exact) mass is 525 g/mol. The van der Waals surface area contributed by atoms with E-state index in [0.717, 1.165) is 10.8 Å². The molecule has 0 aliphatic carbocycles. The number of para-hydroxylation sites is 1. The van der Waals surface area contributed by atoms with Crippen LogP contribution in [0.15, 0.2) is 77.7 Å². The predicted molar refractivity (Wildman–Crippen MR) is 148 cm³/mol. The number of rotatable bonds is 7. The first-order chi connectivity index (χ1) is 18.9. The van der Waals surface area contributed by atoms with Crippen LogP contribution in [0.4, 0.5) is 0 Å². The van der Waals surface area contributed by atoms with Crippen molar-refractivity contribution in [3.05, 3.63) is 94.4 Å². The normalized spacial score (nSPS) is 11.9. The smallest absolute Gasteiger partial charge is 0.304 e. The Bertz CT molecular complexity index is 1780. The fraction of sp³-hybridized carbons (Fsp3) is 0.167. The highest BCUT2D eigenvalue weighted by Gasteiger charge is 2.24. The number of fused-ring (bicyclic) bond motifs is 2. The van der Waals surface area contributed by atoms with E-state index in [2.05, 4.69) is 4.98 Å². The maximum Gasteiger partial charge on any atom is 0.304 e. The molecule has 5 aromatic rings. The lowest BCUT2D eigenvalue weighted by atomic mass is 9.89. The van der Waals surface area contributed by atoms with Crippen LogP contribution in [0.5, 0.6) is 11.5 Å². The number of nitrogens with two attached hydrogens (primary N) is 1. The van der Waals surface area contributed by atoms with Crippen LogP contribution in [0.2, 0.25) is 0 Å². The Morgan fingerprint density at radius 1 is 1.00 bits per heavy atom. The van der Waals surface area contributed by atoms with Gasteiger partial charge in [0.2, 0.25) is 0 Å². The van der Waals surface area contributed by atoms with Crippen LogP contribution in [-0.2, 0) is 16.1 Å². The van der Waals surface area contributed by atoms with Crippen molar-refractivity contribution in [1.82, 2.24) is 9.55 Å². The molecule has 0 spiro atoms. The molecule has 3 aromatic carbocycles. The number of aliphatic hydroxyl groups excluding tert-OH is 1. The van der Waals surface area contributed by atoms with E-state index in [1.165, 1.54) is 24.7 Å². The van der Waals surface area contributed by atoms with Crippen molar-refractivity contribution in [2.75, 3.05) is 14.2 Å². The zero-order valence-corrected chi connectivity index (χ0v) is 21.7. The van der Waals surface area contributed by atoms with E-state index in [1.807, 2.05) is 24.3 Å². The van der Waals surface area contributed by atoms with Gasteiger partial charge in [-0.15, -0.1) is 0 Å². The molecule has 0 fully saturated rings. The lowest BCUT2D eigenvalue weighted by Gasteiger charge is -2.23. The molecule has 3 N–H and O–H groups in total. The molecule has 1 atom stereocenters. The molecule has 0 aliphatic heterocycles. The number of pyridine rings is 2. The first-order valence-corrected chi connectivity index (χ1v) is 12.2. The molecule has 0 saturated carbocycles. The Kier molecular flexibility index (Phi) is 7.02. The van der Waals surface area contributed by atoms with Gasteiger partial charge >= 0.3 is 5.97 Å². The highest BCUT2D eigenvalue weighted by Crippen LogP contribution is 2.42. The first-order valence-electron chi connectivity index (χ1n) is 12.2. The standard InChI is InChI=1S/C30H27N3O6/c1-17(35)39-30(31)29-21(16-34)12-20-13-24(37-2)25(38-3)15-22(20)28(29)19-10-11-32-26(14-19)33-23-7-5-4-6-18(23)8-9-27(33)36/h4-15,30,34H,16,31H2,1-3H3. The molecule has 5 rings (SSSR count). The Hall–Kier alpha value is -4.73. The minimum atomic E-state index is -1.17. The summed E-state index contributed by atoms with van der Waals surface area (Å²) in [5, 5.41) is 12.7. The average molecular weight is 526 g/mol. The zero-order chi connectivity index (χ0) is 27.7. The summed E-state index contributed by atoms with van der Waals surface area (Å²) in [5.74, 6) is 0.816. The molecule has 1 unspecified atom stereocenters. The van der Waals surface area contributed by atoms with Crippen molar-refractivity contribution >= 4 is 27.6 Å². The van der Waals surface area contributed by atoms with E-state index in [9.17, 15) is 14.7 Å². The fourth-order valence-electron chi connectivity index (χ4n) is 4.93. The zero-order valence-electron chi connectivity index (χ0n) is 21.7. The molecule has 0 bridgehead atoms. The molecule has 0 amide bonds. The summed E-state index contributed by atoms with van der Waals surface area (Å²) < 4.78 is 18.0. The first kappa shape index (κ1) is 25.9. The molecule has 0 radical (unpaired) electrons. The van der Waals surface area contributed by atoms with Gasteiger partial charge in [0.05, 0.1) is 26.3 Å². The Balaban J connectivity index is 1.86. The van der Waals surface area contributed by atoms with Crippen molar-refractivity contribution in [2.45, 2.75) is 19.8 Å². The summed E-state index contributed by atoms with van der Waals surface area (Å²) >= 11 is 0. The number of aliphatic hydroxyl groups is 1. The molecule has 0 aliphatic rings. The van der Waals surface area contributed by atoms with Gasteiger partial charge in [0.1, 0.15) is 5.82 Å². The summed E-state index contributed by atoms with van der Waals surface area (Å²) in [6.07, 6.45) is 0.423. The van der Waals surface area contributed by atoms with Crippen LogP contribution in [-0.4, -0.2) is 34.8 Å². The Labute approximate surface area is 224 Å². The quantitative estimate of drug-likeness (QED) is 0.239. The lowest BCUT2D eigenvalue weighted by Crippen LogP contribution is -2.20. The Morgan fingerprint density at radius 3 is 2.46 bits per heavy atom. The molecular formula is C30H27N3O6. The van der Waals surface area contributed by atoms with Gasteiger partial charge in [0, 0.05) is 24.8 Å². The van der Waals surface area contributed by atoms with Gasteiger partial charge in [0.15, 0.2) is 17.7 Å². The molecule has 2 aromatic heterocycles. The largest absolute Gasteiger partial charge is 0.493 e. The van der Waals surface area contributed by atoms with Crippen LogP contribution in [0.3, 0.4) is 0 Å². The van der Waals surface area contributed by atoms with E-state index in [4.69, 9.17) is 19.9 Å². The lowest BCUT2D eigenvalue weighted by molar-refractivity contribution is -0.146. The van der Waals surface area contributed by atoms with E-state index in [0.29, 0.717) is 50.5 Å². The number of ether oxygens (including phenoxy) is 3. The molecule has 2 heterocycles. The SMILES string of the molecule is COc1cc2cc(CO)c(C(N)OC(C)=O)c(-c3ccnc(-n4c(=O)ccc5ccccc54)c3)c2cc1OC. The number of aromatic nitrogens is 2. The van der Waals surface area contributed by atoms with Crippen LogP contribution in [0, 0.1) is 0 Å². The third-order valence-electron chi connectivity index (χ3n) is 6.58. The summed E-state index contributed by atoms with van der Waals surface area (Å²) in [6, 6.07) is 19.7. The maximum atomic E-state index is 13.0. The highest BCUT2D eigenvalue weighted by atomic mass is 16.6. The minimum Gasteiger partial charge on any atom is -0.493 e. The van der Waals surface area contributed by atoms with Crippen molar-refractivity contribution in [3.8, 4) is 28.4 Å². The van der Waals surface area contributed by atoms with E-state index in [-0.39, 0.29) is 12.2 Å². The van der Waals surface area contributed by atoms with Crippen LogP contribution >= 0.6 is 0 Å². The minimum absolute atomic E-state index is 0.240. The third kappa shape index (κ3) is 4.69. The van der Waals surface area contributed by atoms with Gasteiger partial charge in [-0.05, 0) is 75.3 Å². The van der Waals surface area contributed by atoms with E-state index < -0.39 is 12.2 Å². The van der Waals surface area contributed by atoms with Crippen molar-refractivity contribution in [2.24, 2.45) is 5.73 Å². The molecule has 198 valence electrons. The van der Waals surface area contributed by atoms with E-state index in [1.54, 1.807) is 49.7 Å². The van der Waals surface area contributed by atoms with Crippen LogP contribution < -0.4 is 20.8 Å². The summed E-state index contributed by atoms with van der Waals surface area (Å²) in [6.45, 7) is 0.910. The van der Waals surface area contributed by atoms with Gasteiger partial charge < -0.3 is 19.3 Å². The van der Waals surface area contributed by atoms with Crippen molar-refractivity contribution in [3.63, 3.8) is 0 Å². The molecule has 9 heteroatoms. The number of carbonyl (C=O) groups excluding carboxylic acids is 1. The van der Waals surface area contributed by atoms with Gasteiger partial charge in [-0.2, -0.15) is 0 Å². The van der Waals surface area contributed by atoms with Gasteiger partial charge in [-0.1, -0.05) is 18.2 Å². The van der Waals surface area contributed by atoms with Gasteiger partial charge in [-0.3, -0.25) is 19.9 Å². The van der Waals surface area contributed by atoms with E-state index >= 15 is 0 Å². The average Bonchev–Trinajstić information content (AvgIpc) is 2.94. The fourth-order valence-corrected chi connectivity index (χ4v) is 4.93. The number of hydrogen-bond acceptors (Lipinski definition) is 8. The summed E-state index contributed by atoms with van der Waals surface area (Å²) in [4.78, 5) is 29.4. The predicted octanol–water partition coefficient (Wildman–Crippen LogP) is 4.24. The third-order valence-corrected chi connectivity index (χ3v) is 6.58. The van der Waals surface area contributed by atoms with Crippen molar-refractivity contribution < 1.29 is 24.1 Å². The number of carbonyl (C=O) groups is 1. The second kappa shape index (κ2) is 10.6. The second-order valence-electron chi connectivity index (χ2n) is 8.91. The maximum absolute atomic E-state index is 13.0. The number of methoxy groups -OCH3 is 2.